The molecule has 0 saturated heterocycles. The minimum Gasteiger partial charge on any atom is -0.497 e. The van der Waals surface area contributed by atoms with Crippen LogP contribution in [0.3, 0.4) is 0 Å². The van der Waals surface area contributed by atoms with Gasteiger partial charge in [0, 0.05) is 12.8 Å². The molecule has 4 aromatic rings. The number of nitrogens with one attached hydrogen (secondary N) is 5. The molecule has 0 aromatic heterocycles. The first-order valence-electron chi connectivity index (χ1n) is 19.5. The maximum atomic E-state index is 14.8. The Kier molecular flexibility index (Phi) is 13.9. The van der Waals surface area contributed by atoms with Gasteiger partial charge < -0.3 is 66.5 Å². The normalized spacial score (nSPS) is 20.1. The van der Waals surface area contributed by atoms with E-state index in [4.69, 9.17) is 39.9 Å². The van der Waals surface area contributed by atoms with Crippen LogP contribution in [0.4, 0.5) is 16.2 Å². The number of esters is 1. The fourth-order valence-corrected chi connectivity index (χ4v) is 6.85. The Morgan fingerprint density at radius 1 is 0.714 bits per heavy atom. The predicted molar refractivity (Wildman–Crippen MR) is 227 cm³/mol. The van der Waals surface area contributed by atoms with Crippen molar-refractivity contribution < 1.29 is 57.2 Å². The highest BCUT2D eigenvalue weighted by Crippen LogP contribution is 2.46. The van der Waals surface area contributed by atoms with Crippen molar-refractivity contribution in [3.05, 3.63) is 108 Å². The van der Waals surface area contributed by atoms with Gasteiger partial charge in [-0.1, -0.05) is 36.9 Å². The van der Waals surface area contributed by atoms with E-state index in [1.54, 1.807) is 54.6 Å². The molecule has 19 heteroatoms. The third-order valence-electron chi connectivity index (χ3n) is 10.1. The van der Waals surface area contributed by atoms with Crippen LogP contribution in [0, 0.1) is 0 Å². The molecule has 9 N–H and O–H groups in total. The van der Waals surface area contributed by atoms with Gasteiger partial charge in [0.2, 0.25) is 29.4 Å². The minimum absolute atomic E-state index is 0.0175. The van der Waals surface area contributed by atoms with E-state index in [0.29, 0.717) is 16.9 Å². The first kappa shape index (κ1) is 44.6. The first-order valence-corrected chi connectivity index (χ1v) is 19.5. The van der Waals surface area contributed by atoms with Gasteiger partial charge in [-0.2, -0.15) is 0 Å². The van der Waals surface area contributed by atoms with Crippen LogP contribution in [-0.2, 0) is 46.3 Å². The second-order valence-corrected chi connectivity index (χ2v) is 14.5. The molecule has 0 aliphatic carbocycles. The van der Waals surface area contributed by atoms with Crippen molar-refractivity contribution in [2.75, 3.05) is 39.4 Å². The third-order valence-corrected chi connectivity index (χ3v) is 10.1. The van der Waals surface area contributed by atoms with E-state index >= 15 is 0 Å². The summed E-state index contributed by atoms with van der Waals surface area (Å²) in [7, 11) is 3.99. The molecule has 5 atom stereocenters. The van der Waals surface area contributed by atoms with Crippen molar-refractivity contribution in [1.29, 1.82) is 0 Å². The van der Waals surface area contributed by atoms with E-state index in [2.05, 4.69) is 33.2 Å². The number of fused-ring (bicyclic) bond motifs is 16. The Labute approximate surface area is 361 Å². The monoisotopic (exact) mass is 865 g/mol. The molecule has 0 saturated carbocycles. The zero-order valence-corrected chi connectivity index (χ0v) is 34.8. The average Bonchev–Trinajstić information content (AvgIpc) is 3.26. The van der Waals surface area contributed by atoms with E-state index in [9.17, 15) is 28.8 Å². The number of hydrogen-bond donors (Lipinski definition) is 7. The topological polar surface area (TPSA) is 270 Å². The van der Waals surface area contributed by atoms with Crippen molar-refractivity contribution in [2.24, 2.45) is 0 Å². The van der Waals surface area contributed by atoms with Crippen LogP contribution < -0.4 is 57.0 Å². The number of carbonyl (C=O) groups is 6. The van der Waals surface area contributed by atoms with Gasteiger partial charge in [-0.3, -0.25) is 19.2 Å². The fourth-order valence-electron chi connectivity index (χ4n) is 6.85. The molecule has 0 spiro atoms. The van der Waals surface area contributed by atoms with Crippen molar-refractivity contribution >= 4 is 47.1 Å². The summed E-state index contributed by atoms with van der Waals surface area (Å²) in [4.78, 5) is 82.9. The zero-order chi connectivity index (χ0) is 45.4. The number of methoxy groups -OCH3 is 3. The molecule has 0 fully saturated rings. The summed E-state index contributed by atoms with van der Waals surface area (Å²) in [6, 6.07) is 11.5. The van der Waals surface area contributed by atoms with Crippen LogP contribution in [0.25, 0.3) is 0 Å². The highest BCUT2D eigenvalue weighted by atomic mass is 16.6. The predicted octanol–water partition coefficient (Wildman–Crippen LogP) is 3.02. The van der Waals surface area contributed by atoms with Crippen molar-refractivity contribution in [3.8, 4) is 34.5 Å². The van der Waals surface area contributed by atoms with Gasteiger partial charge in [-0.05, 0) is 77.7 Å². The summed E-state index contributed by atoms with van der Waals surface area (Å²) in [5.74, 6) is -3.46. The molecule has 19 nitrogen and oxygen atoms in total. The Morgan fingerprint density at radius 2 is 1.29 bits per heavy atom. The van der Waals surface area contributed by atoms with Crippen LogP contribution in [0.2, 0.25) is 0 Å². The first-order chi connectivity index (χ1) is 30.2. The molecule has 5 amide bonds. The minimum atomic E-state index is -1.67. The molecule has 8 rings (SSSR count). The van der Waals surface area contributed by atoms with E-state index in [1.807, 2.05) is 0 Å². The van der Waals surface area contributed by atoms with Gasteiger partial charge in [-0.15, -0.1) is 0 Å². The third kappa shape index (κ3) is 10.5. The molecule has 4 aromatic carbocycles. The van der Waals surface area contributed by atoms with Crippen molar-refractivity contribution in [2.45, 2.75) is 50.0 Å². The highest BCUT2D eigenvalue weighted by molar-refractivity contribution is 5.97. The smallest absolute Gasteiger partial charge is 0.408 e. The van der Waals surface area contributed by atoms with E-state index in [1.165, 1.54) is 52.5 Å². The van der Waals surface area contributed by atoms with Crippen molar-refractivity contribution in [3.63, 3.8) is 0 Å². The number of carbonyl (C=O) groups excluding carboxylic acids is 6. The molecule has 0 unspecified atom stereocenters. The van der Waals surface area contributed by atoms with E-state index in [-0.39, 0.29) is 70.7 Å². The quantitative estimate of drug-likeness (QED) is 0.0800. The summed E-state index contributed by atoms with van der Waals surface area (Å²) in [5, 5.41) is 13.2. The second-order valence-electron chi connectivity index (χ2n) is 14.5. The number of alkyl carbamates (subject to hydrolysis) is 1. The Bertz CT molecular complexity index is 2430. The lowest BCUT2D eigenvalue weighted by Gasteiger charge is -2.28. The SMILES string of the molecule is C=CCOC(=O)N[C@@H]1Cc2ccc(c(N)c2)Oc2cc3cc(c2OC)Oc2ccc(cc2N)C[C@H](C(=O)OC)NC(=O)[C@@H](c2ccc(OC)cc2)NC(=O)[C@H]3NC(=O)[C@@H](C)NC1=O. The Balaban J connectivity index is 1.55. The molecule has 4 aliphatic rings. The summed E-state index contributed by atoms with van der Waals surface area (Å²) in [5.41, 5.74) is 14.6. The largest absolute Gasteiger partial charge is 0.497 e. The maximum absolute atomic E-state index is 14.8. The number of nitrogens with two attached hydrogens (primary N) is 2. The molecule has 4 heterocycles. The summed E-state index contributed by atoms with van der Waals surface area (Å²) >= 11 is 0. The molecular weight excluding hydrogens is 819 g/mol. The lowest BCUT2D eigenvalue weighted by atomic mass is 9.99. The number of nitrogen functional groups attached to an aromatic ring is 2. The molecular formula is C44H47N7O12. The number of hydrogen-bond acceptors (Lipinski definition) is 14. The van der Waals surface area contributed by atoms with Crippen LogP contribution in [0.15, 0.2) is 85.5 Å². The van der Waals surface area contributed by atoms with Gasteiger partial charge in [0.25, 0.3) is 0 Å². The van der Waals surface area contributed by atoms with E-state index in [0.717, 1.165) is 0 Å². The second kappa shape index (κ2) is 19.6. The Morgan fingerprint density at radius 3 is 1.84 bits per heavy atom. The van der Waals surface area contributed by atoms with Crippen LogP contribution in [0.5, 0.6) is 34.5 Å². The summed E-state index contributed by atoms with van der Waals surface area (Å²) in [6.45, 7) is 4.75. The van der Waals surface area contributed by atoms with Crippen LogP contribution in [-0.4, -0.2) is 81.8 Å². The molecule has 330 valence electrons. The van der Waals surface area contributed by atoms with Gasteiger partial charge in [0.15, 0.2) is 23.0 Å². The maximum Gasteiger partial charge on any atom is 0.408 e. The number of amides is 5. The zero-order valence-electron chi connectivity index (χ0n) is 34.8. The summed E-state index contributed by atoms with van der Waals surface area (Å²) in [6.07, 6.45) is 0.260. The molecule has 63 heavy (non-hydrogen) atoms. The standard InChI is InChI=1S/C44H47N7O12/c1-6-15-61-44(57)49-30-18-23-7-13-32(28(45)16-23)62-34-20-26-21-35(38(34)59-4)63-33-14-8-24(17-29(33)46)19-31(43(56)60-5)48-41(54)36(25-9-11-27(58-3)12-10-25)51-42(55)37(26)50-39(52)22(2)47-40(30)53/h6-14,16-17,20-22,30-31,36-37H,1,15,18-19,45-46H2,2-5H3,(H,47,53)(H,48,54)(H,49,57)(H,50,52)(H,51,55)/t22-,30-,31-,36-,37+/m1/s1. The highest BCUT2D eigenvalue weighted by Gasteiger charge is 2.35. The Hall–Kier alpha value is -7.96. The van der Waals surface area contributed by atoms with Gasteiger partial charge in [-0.25, -0.2) is 9.59 Å². The average molecular weight is 866 g/mol. The fraction of sp³-hybridized carbons (Fsp3) is 0.273. The number of benzene rings is 4. The lowest BCUT2D eigenvalue weighted by molar-refractivity contribution is -0.145. The summed E-state index contributed by atoms with van der Waals surface area (Å²) < 4.78 is 33.9. The van der Waals surface area contributed by atoms with E-state index < -0.39 is 65.9 Å². The lowest BCUT2D eigenvalue weighted by Crippen LogP contribution is -2.55. The van der Waals surface area contributed by atoms with Crippen LogP contribution in [0.1, 0.15) is 41.3 Å². The molecule has 0 radical (unpaired) electrons. The van der Waals surface area contributed by atoms with Crippen LogP contribution >= 0.6 is 0 Å². The number of ether oxygens (including phenoxy) is 6. The number of anilines is 2. The molecule has 4 aliphatic heterocycles. The molecule has 7 bridgehead atoms. The van der Waals surface area contributed by atoms with Gasteiger partial charge in [0.05, 0.1) is 32.7 Å². The van der Waals surface area contributed by atoms with Gasteiger partial charge >= 0.3 is 12.1 Å². The van der Waals surface area contributed by atoms with Gasteiger partial charge in [0.1, 0.15) is 42.6 Å². The number of rotatable bonds is 7. The van der Waals surface area contributed by atoms with Crippen molar-refractivity contribution in [1.82, 2.24) is 26.6 Å².